The molecule has 1 N–H and O–H groups in total. The summed E-state index contributed by atoms with van der Waals surface area (Å²) in [6.07, 6.45) is 0.955. The normalized spacial score (nSPS) is 21.3. The molecule has 2 rings (SSSR count). The summed E-state index contributed by atoms with van der Waals surface area (Å²) < 4.78 is 26.3. The SMILES string of the molecule is CNCc1ccc(S(=O)(=O)N2CCC(C)C2)cc1. The molecule has 0 saturated carbocycles. The van der Waals surface area contributed by atoms with Crippen molar-refractivity contribution in [1.82, 2.24) is 9.62 Å². The molecular formula is C13H20N2O2S. The second-order valence-electron chi connectivity index (χ2n) is 4.93. The van der Waals surface area contributed by atoms with Crippen molar-refractivity contribution >= 4 is 10.0 Å². The first-order valence-corrected chi connectivity index (χ1v) is 7.71. The molecule has 1 aromatic carbocycles. The minimum absolute atomic E-state index is 0.399. The predicted molar refractivity (Wildman–Crippen MR) is 71.7 cm³/mol. The van der Waals surface area contributed by atoms with Gasteiger partial charge in [0, 0.05) is 19.6 Å². The van der Waals surface area contributed by atoms with E-state index in [1.807, 2.05) is 19.2 Å². The first-order chi connectivity index (χ1) is 8.54. The van der Waals surface area contributed by atoms with Crippen LogP contribution >= 0.6 is 0 Å². The van der Waals surface area contributed by atoms with E-state index in [9.17, 15) is 8.42 Å². The lowest BCUT2D eigenvalue weighted by atomic mass is 10.2. The van der Waals surface area contributed by atoms with E-state index in [0.717, 1.165) is 18.5 Å². The van der Waals surface area contributed by atoms with E-state index in [-0.39, 0.29) is 0 Å². The van der Waals surface area contributed by atoms with Crippen LogP contribution in [-0.4, -0.2) is 32.9 Å². The first kappa shape index (κ1) is 13.5. The molecule has 0 amide bonds. The van der Waals surface area contributed by atoms with E-state index in [0.29, 0.717) is 23.9 Å². The zero-order chi connectivity index (χ0) is 13.2. The predicted octanol–water partition coefficient (Wildman–Crippen LogP) is 1.44. The molecule has 0 bridgehead atoms. The van der Waals surface area contributed by atoms with E-state index in [4.69, 9.17) is 0 Å². The lowest BCUT2D eigenvalue weighted by Crippen LogP contribution is -2.28. The molecule has 1 saturated heterocycles. The summed E-state index contributed by atoms with van der Waals surface area (Å²) in [4.78, 5) is 0.399. The molecule has 1 heterocycles. The Bertz CT molecular complexity index is 496. The average Bonchev–Trinajstić information content (AvgIpc) is 2.78. The standard InChI is InChI=1S/C13H20N2O2S/c1-11-7-8-15(10-11)18(16,17)13-5-3-12(4-6-13)9-14-2/h3-6,11,14H,7-10H2,1-2H3. The van der Waals surface area contributed by atoms with Crippen molar-refractivity contribution in [1.29, 1.82) is 0 Å². The molecule has 100 valence electrons. The van der Waals surface area contributed by atoms with Gasteiger partial charge in [0.25, 0.3) is 0 Å². The Kier molecular flexibility index (Phi) is 4.04. The third kappa shape index (κ3) is 2.74. The number of hydrogen-bond donors (Lipinski definition) is 1. The van der Waals surface area contributed by atoms with Gasteiger partial charge in [0.05, 0.1) is 4.90 Å². The van der Waals surface area contributed by atoms with Crippen LogP contribution in [0.4, 0.5) is 0 Å². The fraction of sp³-hybridized carbons (Fsp3) is 0.538. The van der Waals surface area contributed by atoms with Crippen LogP contribution in [0.15, 0.2) is 29.2 Å². The van der Waals surface area contributed by atoms with Crippen LogP contribution in [0.25, 0.3) is 0 Å². The van der Waals surface area contributed by atoms with Crippen molar-refractivity contribution in [3.05, 3.63) is 29.8 Å². The van der Waals surface area contributed by atoms with Gasteiger partial charge in [0.15, 0.2) is 0 Å². The van der Waals surface area contributed by atoms with Gasteiger partial charge in [-0.2, -0.15) is 4.31 Å². The maximum Gasteiger partial charge on any atom is 0.243 e. The molecule has 0 spiro atoms. The van der Waals surface area contributed by atoms with Gasteiger partial charge in [0.1, 0.15) is 0 Å². The summed E-state index contributed by atoms with van der Waals surface area (Å²) in [5, 5.41) is 3.04. The Labute approximate surface area is 109 Å². The zero-order valence-corrected chi connectivity index (χ0v) is 11.7. The second-order valence-corrected chi connectivity index (χ2v) is 6.87. The maximum absolute atomic E-state index is 12.4. The molecule has 4 nitrogen and oxygen atoms in total. The highest BCUT2D eigenvalue weighted by Gasteiger charge is 2.30. The van der Waals surface area contributed by atoms with Gasteiger partial charge < -0.3 is 5.32 Å². The van der Waals surface area contributed by atoms with E-state index < -0.39 is 10.0 Å². The van der Waals surface area contributed by atoms with Crippen molar-refractivity contribution in [3.8, 4) is 0 Å². The van der Waals surface area contributed by atoms with Gasteiger partial charge in [-0.25, -0.2) is 8.42 Å². The number of sulfonamides is 1. The van der Waals surface area contributed by atoms with Crippen molar-refractivity contribution in [2.45, 2.75) is 24.8 Å². The minimum atomic E-state index is -3.29. The van der Waals surface area contributed by atoms with Gasteiger partial charge in [-0.05, 0) is 37.1 Å². The smallest absolute Gasteiger partial charge is 0.243 e. The second kappa shape index (κ2) is 5.38. The van der Waals surface area contributed by atoms with E-state index in [2.05, 4.69) is 12.2 Å². The summed E-state index contributed by atoms with van der Waals surface area (Å²) in [5.74, 6) is 0.461. The fourth-order valence-corrected chi connectivity index (χ4v) is 3.82. The molecule has 18 heavy (non-hydrogen) atoms. The van der Waals surface area contributed by atoms with Crippen molar-refractivity contribution in [3.63, 3.8) is 0 Å². The largest absolute Gasteiger partial charge is 0.316 e. The number of hydrogen-bond acceptors (Lipinski definition) is 3. The summed E-state index contributed by atoms with van der Waals surface area (Å²) in [6.45, 7) is 4.12. The Hall–Kier alpha value is -0.910. The van der Waals surface area contributed by atoms with E-state index in [1.54, 1.807) is 16.4 Å². The molecule has 1 atom stereocenters. The third-order valence-corrected chi connectivity index (χ3v) is 5.21. The first-order valence-electron chi connectivity index (χ1n) is 6.27. The number of rotatable bonds is 4. The van der Waals surface area contributed by atoms with Crippen LogP contribution in [0.3, 0.4) is 0 Å². The van der Waals surface area contributed by atoms with E-state index >= 15 is 0 Å². The van der Waals surface area contributed by atoms with Crippen molar-refractivity contribution < 1.29 is 8.42 Å². The van der Waals surface area contributed by atoms with Crippen LogP contribution in [0.2, 0.25) is 0 Å². The fourth-order valence-electron chi connectivity index (χ4n) is 2.25. The summed E-state index contributed by atoms with van der Waals surface area (Å²) in [7, 11) is -1.42. The van der Waals surface area contributed by atoms with Crippen molar-refractivity contribution in [2.24, 2.45) is 5.92 Å². The van der Waals surface area contributed by atoms with Crippen LogP contribution in [0.5, 0.6) is 0 Å². The third-order valence-electron chi connectivity index (χ3n) is 3.33. The number of benzene rings is 1. The highest BCUT2D eigenvalue weighted by Crippen LogP contribution is 2.24. The topological polar surface area (TPSA) is 49.4 Å². The Balaban J connectivity index is 2.19. The molecule has 5 heteroatoms. The molecule has 1 aliphatic rings. The Morgan fingerprint density at radius 2 is 2.00 bits per heavy atom. The molecule has 1 aliphatic heterocycles. The lowest BCUT2D eigenvalue weighted by Gasteiger charge is -2.16. The van der Waals surface area contributed by atoms with Crippen LogP contribution in [0.1, 0.15) is 18.9 Å². The van der Waals surface area contributed by atoms with Gasteiger partial charge in [-0.1, -0.05) is 19.1 Å². The zero-order valence-electron chi connectivity index (χ0n) is 10.9. The van der Waals surface area contributed by atoms with Crippen LogP contribution in [0, 0.1) is 5.92 Å². The highest BCUT2D eigenvalue weighted by atomic mass is 32.2. The monoisotopic (exact) mass is 268 g/mol. The summed E-state index contributed by atoms with van der Waals surface area (Å²) in [6, 6.07) is 7.13. The molecule has 0 aromatic heterocycles. The van der Waals surface area contributed by atoms with Gasteiger partial charge >= 0.3 is 0 Å². The molecule has 0 aliphatic carbocycles. The number of nitrogens with zero attached hydrogens (tertiary/aromatic N) is 1. The minimum Gasteiger partial charge on any atom is -0.316 e. The summed E-state index contributed by atoms with van der Waals surface area (Å²) >= 11 is 0. The molecule has 1 fully saturated rings. The average molecular weight is 268 g/mol. The molecule has 1 aromatic rings. The van der Waals surface area contributed by atoms with Gasteiger partial charge in [-0.3, -0.25) is 0 Å². The van der Waals surface area contributed by atoms with Gasteiger partial charge in [-0.15, -0.1) is 0 Å². The van der Waals surface area contributed by atoms with E-state index in [1.165, 1.54) is 0 Å². The van der Waals surface area contributed by atoms with Gasteiger partial charge in [0.2, 0.25) is 10.0 Å². The maximum atomic E-state index is 12.4. The van der Waals surface area contributed by atoms with Crippen LogP contribution < -0.4 is 5.32 Å². The van der Waals surface area contributed by atoms with Crippen molar-refractivity contribution in [2.75, 3.05) is 20.1 Å². The number of nitrogens with one attached hydrogen (secondary N) is 1. The molecule has 1 unspecified atom stereocenters. The lowest BCUT2D eigenvalue weighted by molar-refractivity contribution is 0.464. The highest BCUT2D eigenvalue weighted by molar-refractivity contribution is 7.89. The Morgan fingerprint density at radius 1 is 1.33 bits per heavy atom. The Morgan fingerprint density at radius 3 is 2.50 bits per heavy atom. The molecular weight excluding hydrogens is 248 g/mol. The van der Waals surface area contributed by atoms with Crippen LogP contribution in [-0.2, 0) is 16.6 Å². The quantitative estimate of drug-likeness (QED) is 0.899. The molecule has 0 radical (unpaired) electrons. The summed E-state index contributed by atoms with van der Waals surface area (Å²) in [5.41, 5.74) is 1.09.